The minimum Gasteiger partial charge on any atom is -0.497 e. The number of nitrogens with zero attached hydrogens (tertiary/aromatic N) is 2. The summed E-state index contributed by atoms with van der Waals surface area (Å²) in [5, 5.41) is 11.2. The normalized spacial score (nSPS) is 17.2. The number of ether oxygens (including phenoxy) is 2. The standard InChI is InChI=1S/C30H27F3N2O4S/c1-17(29(36)37)18-6-10-20(11-7-18)24-15-40-26-25(24)34-16-35-28(26)39-27(30(31,32)33)21-12-8-19(9-13-21)22-4-3-5-23(14-22)38-2/h3-5,8-10,12-18,27H,6-7,11H2,1-2H3,(H,36,37)/t17?,18?,27-/m1/s1. The molecule has 0 saturated carbocycles. The first-order chi connectivity index (χ1) is 19.2. The maximum Gasteiger partial charge on any atom is 0.429 e. The third-order valence-corrected chi connectivity index (χ3v) is 8.32. The molecule has 2 heterocycles. The topological polar surface area (TPSA) is 81.5 Å². The maximum atomic E-state index is 14.2. The Kier molecular flexibility index (Phi) is 7.80. The van der Waals surface area contributed by atoms with E-state index in [1.807, 2.05) is 29.7 Å². The van der Waals surface area contributed by atoms with Gasteiger partial charge in [0.05, 0.1) is 18.5 Å². The Bertz CT molecular complexity index is 1550. The van der Waals surface area contributed by atoms with E-state index in [1.165, 1.54) is 29.8 Å². The van der Waals surface area contributed by atoms with E-state index >= 15 is 0 Å². The summed E-state index contributed by atoms with van der Waals surface area (Å²) >= 11 is 1.23. The number of fused-ring (bicyclic) bond motifs is 1. The van der Waals surface area contributed by atoms with Crippen LogP contribution in [0.25, 0.3) is 26.9 Å². The Morgan fingerprint density at radius 2 is 1.90 bits per heavy atom. The molecule has 4 aromatic rings. The number of carbonyl (C=O) groups is 1. The van der Waals surface area contributed by atoms with Gasteiger partial charge in [-0.15, -0.1) is 11.3 Å². The number of aromatic nitrogens is 2. The molecule has 0 radical (unpaired) electrons. The van der Waals surface area contributed by atoms with Gasteiger partial charge in [-0.1, -0.05) is 49.4 Å². The van der Waals surface area contributed by atoms with Crippen molar-refractivity contribution in [1.82, 2.24) is 9.97 Å². The van der Waals surface area contributed by atoms with E-state index in [1.54, 1.807) is 32.2 Å². The van der Waals surface area contributed by atoms with Gasteiger partial charge < -0.3 is 14.6 Å². The summed E-state index contributed by atoms with van der Waals surface area (Å²) in [5.41, 5.74) is 3.87. The van der Waals surface area contributed by atoms with Crippen molar-refractivity contribution < 1.29 is 32.5 Å². The van der Waals surface area contributed by atoms with Gasteiger partial charge in [0.25, 0.3) is 0 Å². The van der Waals surface area contributed by atoms with Gasteiger partial charge in [0.15, 0.2) is 0 Å². The van der Waals surface area contributed by atoms with Gasteiger partial charge in [0, 0.05) is 16.5 Å². The third-order valence-electron chi connectivity index (χ3n) is 7.36. The fraction of sp³-hybridized carbons (Fsp3) is 0.300. The lowest BCUT2D eigenvalue weighted by Gasteiger charge is -2.24. The van der Waals surface area contributed by atoms with Gasteiger partial charge in [-0.3, -0.25) is 4.79 Å². The quantitative estimate of drug-likeness (QED) is 0.232. The molecule has 1 N–H and O–H groups in total. The molecule has 208 valence electrons. The number of hydrogen-bond acceptors (Lipinski definition) is 6. The predicted molar refractivity (Wildman–Crippen MR) is 147 cm³/mol. The van der Waals surface area contributed by atoms with Crippen LogP contribution in [0.1, 0.15) is 43.4 Å². The molecule has 0 bridgehead atoms. The molecule has 1 aliphatic carbocycles. The molecule has 2 unspecified atom stereocenters. The monoisotopic (exact) mass is 568 g/mol. The SMILES string of the molecule is COc1cccc(-c2ccc([C@@H](Oc3ncnc4c(C5=CCC(C(C)C(=O)O)CC5)csc34)C(F)(F)F)cc2)c1. The van der Waals surface area contributed by atoms with Crippen LogP contribution in [-0.2, 0) is 4.79 Å². The van der Waals surface area contributed by atoms with Gasteiger partial charge in [0.1, 0.15) is 16.8 Å². The zero-order valence-corrected chi connectivity index (χ0v) is 22.6. The van der Waals surface area contributed by atoms with E-state index in [9.17, 15) is 23.1 Å². The first-order valence-corrected chi connectivity index (χ1v) is 13.7. The molecule has 10 heteroatoms. The summed E-state index contributed by atoms with van der Waals surface area (Å²) in [5.74, 6) is -0.689. The zero-order valence-electron chi connectivity index (χ0n) is 21.8. The number of aliphatic carboxylic acids is 1. The molecule has 0 amide bonds. The Balaban J connectivity index is 1.41. The lowest BCUT2D eigenvalue weighted by molar-refractivity contribution is -0.198. The second-order valence-corrected chi connectivity index (χ2v) is 10.7. The van der Waals surface area contributed by atoms with Crippen LogP contribution in [-0.4, -0.2) is 34.3 Å². The average molecular weight is 569 g/mol. The Morgan fingerprint density at radius 3 is 2.55 bits per heavy atom. The van der Waals surface area contributed by atoms with Crippen molar-refractivity contribution in [3.63, 3.8) is 0 Å². The van der Waals surface area contributed by atoms with E-state index in [2.05, 4.69) is 9.97 Å². The second kappa shape index (κ2) is 11.3. The van der Waals surface area contributed by atoms with Crippen molar-refractivity contribution in [3.8, 4) is 22.8 Å². The number of rotatable bonds is 8. The molecule has 5 rings (SSSR count). The fourth-order valence-corrected chi connectivity index (χ4v) is 5.96. The highest BCUT2D eigenvalue weighted by Crippen LogP contribution is 2.43. The largest absolute Gasteiger partial charge is 0.497 e. The molecule has 6 nitrogen and oxygen atoms in total. The molecule has 1 aliphatic rings. The minimum atomic E-state index is -4.68. The first-order valence-electron chi connectivity index (χ1n) is 12.8. The summed E-state index contributed by atoms with van der Waals surface area (Å²) in [7, 11) is 1.55. The molecule has 0 aliphatic heterocycles. The Morgan fingerprint density at radius 1 is 1.12 bits per heavy atom. The number of thiophene rings is 1. The minimum absolute atomic E-state index is 0.0440. The second-order valence-electron chi connectivity index (χ2n) is 9.79. The number of hydrogen-bond donors (Lipinski definition) is 1. The van der Waals surface area contributed by atoms with Gasteiger partial charge in [-0.2, -0.15) is 13.2 Å². The van der Waals surface area contributed by atoms with E-state index in [0.29, 0.717) is 35.2 Å². The molecule has 0 fully saturated rings. The van der Waals surface area contributed by atoms with E-state index < -0.39 is 24.2 Å². The van der Waals surface area contributed by atoms with Crippen LogP contribution in [0.5, 0.6) is 11.6 Å². The zero-order chi connectivity index (χ0) is 28.4. The van der Waals surface area contributed by atoms with Gasteiger partial charge in [0.2, 0.25) is 12.0 Å². The molecule has 0 saturated heterocycles. The van der Waals surface area contributed by atoms with Crippen molar-refractivity contribution in [2.24, 2.45) is 11.8 Å². The van der Waals surface area contributed by atoms with Crippen LogP contribution in [0, 0.1) is 11.8 Å². The number of halogens is 3. The number of benzene rings is 2. The fourth-order valence-electron chi connectivity index (χ4n) is 4.98. The molecule has 0 spiro atoms. The van der Waals surface area contributed by atoms with E-state index in [4.69, 9.17) is 9.47 Å². The molecule has 2 aromatic carbocycles. The number of methoxy groups -OCH3 is 1. The molecule has 3 atom stereocenters. The van der Waals surface area contributed by atoms with Gasteiger partial charge in [-0.05, 0) is 54.0 Å². The van der Waals surface area contributed by atoms with Crippen LogP contribution in [0.3, 0.4) is 0 Å². The van der Waals surface area contributed by atoms with Crippen LogP contribution < -0.4 is 9.47 Å². The molecular weight excluding hydrogens is 541 g/mol. The smallest absolute Gasteiger partial charge is 0.429 e. The van der Waals surface area contributed by atoms with Crippen molar-refractivity contribution >= 4 is 33.1 Å². The summed E-state index contributed by atoms with van der Waals surface area (Å²) in [6, 6.07) is 13.4. The van der Waals surface area contributed by atoms with Crippen molar-refractivity contribution in [2.75, 3.05) is 7.11 Å². The summed E-state index contributed by atoms with van der Waals surface area (Å²) in [4.78, 5) is 19.8. The number of alkyl halides is 3. The highest BCUT2D eigenvalue weighted by Gasteiger charge is 2.44. The predicted octanol–water partition coefficient (Wildman–Crippen LogP) is 7.95. The Hall–Kier alpha value is -3.92. The van der Waals surface area contributed by atoms with Crippen LogP contribution in [0.2, 0.25) is 0 Å². The highest BCUT2D eigenvalue weighted by atomic mass is 32.1. The number of carboxylic acids is 1. The summed E-state index contributed by atoms with van der Waals surface area (Å²) in [6.45, 7) is 1.71. The third kappa shape index (κ3) is 5.67. The van der Waals surface area contributed by atoms with Gasteiger partial charge in [-0.25, -0.2) is 9.97 Å². The van der Waals surface area contributed by atoms with Crippen molar-refractivity contribution in [3.05, 3.63) is 77.4 Å². The Labute approximate surface area is 233 Å². The lowest BCUT2D eigenvalue weighted by atomic mass is 9.80. The molecule has 40 heavy (non-hydrogen) atoms. The molecular formula is C30H27F3N2O4S. The van der Waals surface area contributed by atoms with E-state index in [0.717, 1.165) is 22.3 Å². The van der Waals surface area contributed by atoms with Gasteiger partial charge >= 0.3 is 12.1 Å². The summed E-state index contributed by atoms with van der Waals surface area (Å²) in [6.07, 6.45) is -1.67. The van der Waals surface area contributed by atoms with E-state index in [-0.39, 0.29) is 17.4 Å². The maximum absolute atomic E-state index is 14.2. The lowest BCUT2D eigenvalue weighted by Crippen LogP contribution is -2.26. The van der Waals surface area contributed by atoms with Crippen molar-refractivity contribution in [1.29, 1.82) is 0 Å². The van der Waals surface area contributed by atoms with Crippen LogP contribution >= 0.6 is 11.3 Å². The highest BCUT2D eigenvalue weighted by molar-refractivity contribution is 7.17. The molecule has 2 aromatic heterocycles. The number of carboxylic acid groups (broad SMARTS) is 1. The summed E-state index contributed by atoms with van der Waals surface area (Å²) < 4.78 is 53.9. The van der Waals surface area contributed by atoms with Crippen LogP contribution in [0.15, 0.2) is 66.3 Å². The van der Waals surface area contributed by atoms with Crippen LogP contribution in [0.4, 0.5) is 13.2 Å². The number of allylic oxidation sites excluding steroid dienone is 2. The first kappa shape index (κ1) is 27.6. The van der Waals surface area contributed by atoms with Crippen molar-refractivity contribution in [2.45, 2.75) is 38.5 Å². The average Bonchev–Trinajstić information content (AvgIpc) is 3.40.